The lowest BCUT2D eigenvalue weighted by molar-refractivity contribution is -0.109. The minimum absolute atomic E-state index is 0.0402. The van der Waals surface area contributed by atoms with E-state index in [0.29, 0.717) is 0 Å². The molecule has 3 heteroatoms. The summed E-state index contributed by atoms with van der Waals surface area (Å²) >= 11 is 0. The van der Waals surface area contributed by atoms with Gasteiger partial charge in [-0.2, -0.15) is 0 Å². The number of nitrogens with one attached hydrogen (secondary N) is 1. The van der Waals surface area contributed by atoms with Gasteiger partial charge in [-0.3, -0.25) is 0 Å². The van der Waals surface area contributed by atoms with Crippen LogP contribution >= 0.6 is 0 Å². The van der Waals surface area contributed by atoms with Crippen LogP contribution in [-0.2, 0) is 4.79 Å². The molecule has 0 aromatic carbocycles. The van der Waals surface area contributed by atoms with Crippen LogP contribution in [0.2, 0.25) is 0 Å². The smallest absolute Gasteiger partial charge is 0.136 e. The SMILES string of the molecule is CCCCCN[C@H](C=O)CCCCN. The van der Waals surface area contributed by atoms with Crippen molar-refractivity contribution in [2.24, 2.45) is 5.73 Å². The lowest BCUT2D eigenvalue weighted by Gasteiger charge is -2.11. The van der Waals surface area contributed by atoms with Crippen molar-refractivity contribution in [3.05, 3.63) is 0 Å². The van der Waals surface area contributed by atoms with Crippen LogP contribution in [0.25, 0.3) is 0 Å². The van der Waals surface area contributed by atoms with Crippen LogP contribution in [0.3, 0.4) is 0 Å². The summed E-state index contributed by atoms with van der Waals surface area (Å²) in [6, 6.07) is 0.0402. The summed E-state index contributed by atoms with van der Waals surface area (Å²) in [5.74, 6) is 0. The van der Waals surface area contributed by atoms with Gasteiger partial charge in [0.25, 0.3) is 0 Å². The number of unbranched alkanes of at least 4 members (excludes halogenated alkanes) is 3. The molecule has 0 fully saturated rings. The molecule has 14 heavy (non-hydrogen) atoms. The van der Waals surface area contributed by atoms with Gasteiger partial charge in [-0.05, 0) is 32.4 Å². The van der Waals surface area contributed by atoms with E-state index in [2.05, 4.69) is 12.2 Å². The van der Waals surface area contributed by atoms with Crippen molar-refractivity contribution < 1.29 is 4.79 Å². The van der Waals surface area contributed by atoms with Gasteiger partial charge >= 0.3 is 0 Å². The first kappa shape index (κ1) is 13.6. The number of aldehydes is 1. The molecule has 0 aliphatic rings. The van der Waals surface area contributed by atoms with E-state index in [1.807, 2.05) is 0 Å². The van der Waals surface area contributed by atoms with Gasteiger partial charge in [-0.15, -0.1) is 0 Å². The highest BCUT2D eigenvalue weighted by Gasteiger charge is 2.04. The second-order valence-electron chi connectivity index (χ2n) is 3.69. The van der Waals surface area contributed by atoms with Crippen LogP contribution in [0, 0.1) is 0 Å². The fourth-order valence-corrected chi connectivity index (χ4v) is 1.39. The first-order valence-electron chi connectivity index (χ1n) is 5.73. The molecule has 1 atom stereocenters. The first-order chi connectivity index (χ1) is 6.85. The fraction of sp³-hybridized carbons (Fsp3) is 0.909. The molecule has 0 saturated heterocycles. The van der Waals surface area contributed by atoms with Crippen LogP contribution in [0.1, 0.15) is 45.4 Å². The Kier molecular flexibility index (Phi) is 10.4. The average molecular weight is 200 g/mol. The third-order valence-corrected chi connectivity index (χ3v) is 2.32. The van der Waals surface area contributed by atoms with Crippen molar-refractivity contribution in [3.63, 3.8) is 0 Å². The molecule has 0 radical (unpaired) electrons. The Hall–Kier alpha value is -0.410. The summed E-state index contributed by atoms with van der Waals surface area (Å²) in [4.78, 5) is 10.7. The predicted octanol–water partition coefficient (Wildman–Crippen LogP) is 1.46. The monoisotopic (exact) mass is 200 g/mol. The number of hydrogen-bond donors (Lipinski definition) is 2. The number of hydrogen-bond acceptors (Lipinski definition) is 3. The third-order valence-electron chi connectivity index (χ3n) is 2.32. The van der Waals surface area contributed by atoms with E-state index in [1.165, 1.54) is 12.8 Å². The van der Waals surface area contributed by atoms with E-state index < -0.39 is 0 Å². The molecule has 0 spiro atoms. The molecule has 0 aromatic rings. The molecule has 0 aliphatic heterocycles. The summed E-state index contributed by atoms with van der Waals surface area (Å²) < 4.78 is 0. The summed E-state index contributed by atoms with van der Waals surface area (Å²) in [5, 5.41) is 3.25. The van der Waals surface area contributed by atoms with Gasteiger partial charge in [0.2, 0.25) is 0 Å². The Morgan fingerprint density at radius 2 is 2.07 bits per heavy atom. The van der Waals surface area contributed by atoms with Crippen LogP contribution in [0.5, 0.6) is 0 Å². The quantitative estimate of drug-likeness (QED) is 0.415. The van der Waals surface area contributed by atoms with Crippen LogP contribution < -0.4 is 11.1 Å². The molecular formula is C11H24N2O. The summed E-state index contributed by atoms with van der Waals surface area (Å²) in [7, 11) is 0. The molecule has 3 N–H and O–H groups in total. The maximum Gasteiger partial charge on any atom is 0.136 e. The zero-order chi connectivity index (χ0) is 10.6. The van der Waals surface area contributed by atoms with E-state index in [0.717, 1.165) is 45.1 Å². The summed E-state index contributed by atoms with van der Waals surface area (Å²) in [6.45, 7) is 3.86. The summed E-state index contributed by atoms with van der Waals surface area (Å²) in [5.41, 5.74) is 5.39. The molecule has 0 amide bonds. The van der Waals surface area contributed by atoms with Gasteiger partial charge < -0.3 is 15.8 Å². The number of carbonyl (C=O) groups is 1. The van der Waals surface area contributed by atoms with E-state index in [-0.39, 0.29) is 6.04 Å². The molecule has 0 bridgehead atoms. The average Bonchev–Trinajstić information content (AvgIpc) is 2.22. The second-order valence-corrected chi connectivity index (χ2v) is 3.69. The number of rotatable bonds is 10. The van der Waals surface area contributed by atoms with Crippen molar-refractivity contribution in [1.29, 1.82) is 0 Å². The van der Waals surface area contributed by atoms with E-state index >= 15 is 0 Å². The Bertz CT molecular complexity index is 128. The van der Waals surface area contributed by atoms with Gasteiger partial charge in [0.15, 0.2) is 0 Å². The van der Waals surface area contributed by atoms with Crippen molar-refractivity contribution >= 4 is 6.29 Å². The van der Waals surface area contributed by atoms with E-state index in [1.54, 1.807) is 0 Å². The van der Waals surface area contributed by atoms with Crippen molar-refractivity contribution in [2.75, 3.05) is 13.1 Å². The standard InChI is InChI=1S/C11H24N2O/c1-2-3-6-9-13-11(10-14)7-4-5-8-12/h10-11,13H,2-9,12H2,1H3/t11-/m0/s1. The van der Waals surface area contributed by atoms with Gasteiger partial charge in [-0.1, -0.05) is 26.2 Å². The molecule has 84 valence electrons. The van der Waals surface area contributed by atoms with E-state index in [9.17, 15) is 4.79 Å². The zero-order valence-electron chi connectivity index (χ0n) is 9.30. The van der Waals surface area contributed by atoms with E-state index in [4.69, 9.17) is 5.73 Å². The highest BCUT2D eigenvalue weighted by molar-refractivity contribution is 5.57. The minimum Gasteiger partial charge on any atom is -0.330 e. The molecule has 0 aliphatic carbocycles. The molecule has 0 unspecified atom stereocenters. The fourth-order valence-electron chi connectivity index (χ4n) is 1.39. The Balaban J connectivity index is 3.33. The topological polar surface area (TPSA) is 55.1 Å². The summed E-state index contributed by atoms with van der Waals surface area (Å²) in [6.07, 6.45) is 7.62. The molecule has 0 aromatic heterocycles. The van der Waals surface area contributed by atoms with Crippen molar-refractivity contribution in [3.8, 4) is 0 Å². The zero-order valence-corrected chi connectivity index (χ0v) is 9.30. The normalized spacial score (nSPS) is 12.7. The lowest BCUT2D eigenvalue weighted by Crippen LogP contribution is -2.31. The van der Waals surface area contributed by atoms with Gasteiger partial charge in [0.1, 0.15) is 6.29 Å². The molecular weight excluding hydrogens is 176 g/mol. The molecule has 0 heterocycles. The second kappa shape index (κ2) is 10.7. The van der Waals surface area contributed by atoms with Gasteiger partial charge in [0.05, 0.1) is 6.04 Å². The van der Waals surface area contributed by atoms with Crippen molar-refractivity contribution in [2.45, 2.75) is 51.5 Å². The Labute approximate surface area is 87.4 Å². The molecule has 3 nitrogen and oxygen atoms in total. The van der Waals surface area contributed by atoms with Crippen LogP contribution in [0.15, 0.2) is 0 Å². The molecule has 0 rings (SSSR count). The largest absolute Gasteiger partial charge is 0.330 e. The Morgan fingerprint density at radius 1 is 1.29 bits per heavy atom. The van der Waals surface area contributed by atoms with Crippen LogP contribution in [-0.4, -0.2) is 25.4 Å². The maximum absolute atomic E-state index is 10.7. The lowest BCUT2D eigenvalue weighted by atomic mass is 10.1. The molecule has 0 saturated carbocycles. The van der Waals surface area contributed by atoms with Gasteiger partial charge in [0, 0.05) is 0 Å². The highest BCUT2D eigenvalue weighted by Crippen LogP contribution is 1.99. The maximum atomic E-state index is 10.7. The predicted molar refractivity (Wildman–Crippen MR) is 60.3 cm³/mol. The van der Waals surface area contributed by atoms with Gasteiger partial charge in [-0.25, -0.2) is 0 Å². The van der Waals surface area contributed by atoms with Crippen LogP contribution in [0.4, 0.5) is 0 Å². The first-order valence-corrected chi connectivity index (χ1v) is 5.73. The minimum atomic E-state index is 0.0402. The third kappa shape index (κ3) is 8.20. The number of carbonyl (C=O) groups excluding carboxylic acids is 1. The number of nitrogens with two attached hydrogens (primary N) is 1. The Morgan fingerprint density at radius 3 is 2.64 bits per heavy atom. The van der Waals surface area contributed by atoms with Crippen molar-refractivity contribution in [1.82, 2.24) is 5.32 Å². The highest BCUT2D eigenvalue weighted by atomic mass is 16.1.